The maximum Gasteiger partial charge on any atom is 0.323 e. The molecule has 1 heterocycles. The van der Waals surface area contributed by atoms with E-state index < -0.39 is 34.7 Å². The lowest BCUT2D eigenvalue weighted by molar-refractivity contribution is -0.198. The summed E-state index contributed by atoms with van der Waals surface area (Å²) in [7, 11) is 0. The van der Waals surface area contributed by atoms with Crippen LogP contribution in [0.4, 0.5) is 0 Å². The van der Waals surface area contributed by atoms with Gasteiger partial charge in [0.25, 0.3) is 5.91 Å². The van der Waals surface area contributed by atoms with E-state index in [2.05, 4.69) is 5.32 Å². The van der Waals surface area contributed by atoms with E-state index >= 15 is 0 Å². The summed E-state index contributed by atoms with van der Waals surface area (Å²) < 4.78 is 10.9. The highest BCUT2D eigenvalue weighted by Gasteiger charge is 2.81. The van der Waals surface area contributed by atoms with E-state index in [1.165, 1.54) is 0 Å². The van der Waals surface area contributed by atoms with Crippen LogP contribution in [0.5, 0.6) is 0 Å². The quantitative estimate of drug-likeness (QED) is 0.496. The molecule has 6 nitrogen and oxygen atoms in total. The fourth-order valence-electron chi connectivity index (χ4n) is 3.81. The molecular formula is C17H19NO5. The lowest BCUT2D eigenvalue weighted by Crippen LogP contribution is -2.72. The Hall–Kier alpha value is -2.21. The average molecular weight is 317 g/mol. The zero-order valence-electron chi connectivity index (χ0n) is 13.1. The Morgan fingerprint density at radius 1 is 1.22 bits per heavy atom. The van der Waals surface area contributed by atoms with Crippen LogP contribution in [-0.2, 0) is 29.4 Å². The number of amides is 1. The minimum atomic E-state index is -1.54. The van der Waals surface area contributed by atoms with Gasteiger partial charge in [0.2, 0.25) is 5.78 Å². The molecule has 1 aliphatic heterocycles. The number of Topliss-reactive ketones (excluding diaryl/α,β-unsaturated/α-hetero) is 1. The summed E-state index contributed by atoms with van der Waals surface area (Å²) in [5, 5.41) is 2.73. The smallest absolute Gasteiger partial charge is 0.323 e. The molecule has 2 aliphatic rings. The molecule has 1 saturated carbocycles. The van der Waals surface area contributed by atoms with Crippen molar-refractivity contribution in [2.24, 2.45) is 5.41 Å². The van der Waals surface area contributed by atoms with E-state index in [1.54, 1.807) is 31.2 Å². The predicted octanol–water partition coefficient (Wildman–Crippen LogP) is 0.939. The number of esters is 1. The van der Waals surface area contributed by atoms with Gasteiger partial charge in [-0.3, -0.25) is 14.4 Å². The largest absolute Gasteiger partial charge is 0.465 e. The lowest BCUT2D eigenvalue weighted by atomic mass is 9.50. The number of ketones is 1. The Bertz CT molecular complexity index is 658. The van der Waals surface area contributed by atoms with Crippen LogP contribution in [0.2, 0.25) is 0 Å². The van der Waals surface area contributed by atoms with Crippen molar-refractivity contribution >= 4 is 17.7 Å². The number of ether oxygens (including phenoxy) is 2. The van der Waals surface area contributed by atoms with Gasteiger partial charge >= 0.3 is 5.97 Å². The molecule has 1 aromatic carbocycles. The molecule has 1 saturated heterocycles. The van der Waals surface area contributed by atoms with Crippen molar-refractivity contribution in [1.29, 1.82) is 0 Å². The third-order valence-electron chi connectivity index (χ3n) is 4.77. The molecule has 3 rings (SSSR count). The maximum atomic E-state index is 12.6. The van der Waals surface area contributed by atoms with Gasteiger partial charge in [0.1, 0.15) is 5.54 Å². The molecule has 3 unspecified atom stereocenters. The second-order valence-electron chi connectivity index (χ2n) is 5.73. The highest BCUT2D eigenvalue weighted by molar-refractivity contribution is 6.45. The molecule has 23 heavy (non-hydrogen) atoms. The Balaban J connectivity index is 2.17. The number of nitrogens with one attached hydrogen (secondary N) is 1. The number of hydrogen-bond acceptors (Lipinski definition) is 5. The van der Waals surface area contributed by atoms with Gasteiger partial charge in [0.05, 0.1) is 12.7 Å². The van der Waals surface area contributed by atoms with Crippen molar-refractivity contribution < 1.29 is 23.9 Å². The number of benzene rings is 1. The number of carbonyl (C=O) groups is 3. The molecular weight excluding hydrogens is 298 g/mol. The Labute approximate surface area is 134 Å². The molecule has 1 aliphatic carbocycles. The maximum absolute atomic E-state index is 12.6. The monoisotopic (exact) mass is 317 g/mol. The van der Waals surface area contributed by atoms with Crippen LogP contribution in [0, 0.1) is 5.41 Å². The first-order valence-corrected chi connectivity index (χ1v) is 7.75. The molecule has 0 spiro atoms. The summed E-state index contributed by atoms with van der Waals surface area (Å²) >= 11 is 0. The molecule has 2 fully saturated rings. The van der Waals surface area contributed by atoms with Gasteiger partial charge in [0.15, 0.2) is 5.41 Å². The fraction of sp³-hybridized carbons (Fsp3) is 0.471. The number of fused-ring (bicyclic) bond motifs is 1. The average Bonchev–Trinajstić information content (AvgIpc) is 2.72. The first-order chi connectivity index (χ1) is 11.0. The Kier molecular flexibility index (Phi) is 3.72. The SMILES string of the molecule is CCOC(=O)C12CC(OCC)C1(c1ccccc1)NC(=O)C2=O. The zero-order chi connectivity index (χ0) is 16.7. The molecule has 1 aromatic rings. The summed E-state index contributed by atoms with van der Waals surface area (Å²) in [6.07, 6.45) is -0.304. The highest BCUT2D eigenvalue weighted by atomic mass is 16.5. The van der Waals surface area contributed by atoms with Crippen LogP contribution < -0.4 is 5.32 Å². The van der Waals surface area contributed by atoms with Crippen molar-refractivity contribution in [3.8, 4) is 0 Å². The van der Waals surface area contributed by atoms with Crippen LogP contribution >= 0.6 is 0 Å². The van der Waals surface area contributed by atoms with E-state index in [4.69, 9.17) is 9.47 Å². The van der Waals surface area contributed by atoms with E-state index in [9.17, 15) is 14.4 Å². The van der Waals surface area contributed by atoms with E-state index in [1.807, 2.05) is 13.0 Å². The minimum Gasteiger partial charge on any atom is -0.465 e. The van der Waals surface area contributed by atoms with Crippen LogP contribution in [0.1, 0.15) is 25.8 Å². The van der Waals surface area contributed by atoms with Crippen LogP contribution in [-0.4, -0.2) is 37.0 Å². The standard InChI is InChI=1S/C17H19NO5/c1-3-22-12-10-16(15(21)23-4-2)13(19)14(20)18-17(12,16)11-8-6-5-7-9-11/h5-9,12H,3-4,10H2,1-2H3,(H,18,20). The van der Waals surface area contributed by atoms with Crippen molar-refractivity contribution in [2.45, 2.75) is 31.9 Å². The highest BCUT2D eigenvalue weighted by Crippen LogP contribution is 2.61. The molecule has 122 valence electrons. The third-order valence-corrected chi connectivity index (χ3v) is 4.77. The van der Waals surface area contributed by atoms with Gasteiger partial charge in [-0.25, -0.2) is 0 Å². The third kappa shape index (κ3) is 1.81. The number of carbonyl (C=O) groups excluding carboxylic acids is 3. The number of rotatable bonds is 5. The van der Waals surface area contributed by atoms with E-state index in [0.29, 0.717) is 12.2 Å². The molecule has 6 heteroatoms. The topological polar surface area (TPSA) is 81.7 Å². The lowest BCUT2D eigenvalue weighted by Gasteiger charge is -2.56. The van der Waals surface area contributed by atoms with Gasteiger partial charge in [0, 0.05) is 13.0 Å². The first-order valence-electron chi connectivity index (χ1n) is 7.75. The van der Waals surface area contributed by atoms with Crippen LogP contribution in [0.15, 0.2) is 30.3 Å². The summed E-state index contributed by atoms with van der Waals surface area (Å²) in [5.74, 6) is -2.16. The molecule has 0 radical (unpaired) electrons. The fourth-order valence-corrected chi connectivity index (χ4v) is 3.81. The van der Waals surface area contributed by atoms with Gasteiger partial charge in [-0.1, -0.05) is 30.3 Å². The summed E-state index contributed by atoms with van der Waals surface area (Å²) in [5.41, 5.74) is -2.05. The normalized spacial score (nSPS) is 32.0. The van der Waals surface area contributed by atoms with Crippen molar-refractivity contribution in [2.75, 3.05) is 13.2 Å². The van der Waals surface area contributed by atoms with Gasteiger partial charge < -0.3 is 14.8 Å². The van der Waals surface area contributed by atoms with Crippen molar-refractivity contribution in [3.63, 3.8) is 0 Å². The summed E-state index contributed by atoms with van der Waals surface area (Å²) in [6, 6.07) is 9.02. The van der Waals surface area contributed by atoms with Gasteiger partial charge in [-0.15, -0.1) is 0 Å². The molecule has 0 aromatic heterocycles. The number of hydrogen-bond donors (Lipinski definition) is 1. The second kappa shape index (κ2) is 5.45. The first kappa shape index (κ1) is 15.7. The Morgan fingerprint density at radius 2 is 1.91 bits per heavy atom. The van der Waals surface area contributed by atoms with Crippen LogP contribution in [0.25, 0.3) is 0 Å². The van der Waals surface area contributed by atoms with Crippen molar-refractivity contribution in [1.82, 2.24) is 5.32 Å². The van der Waals surface area contributed by atoms with Crippen molar-refractivity contribution in [3.05, 3.63) is 35.9 Å². The minimum absolute atomic E-state index is 0.145. The summed E-state index contributed by atoms with van der Waals surface area (Å²) in [6.45, 7) is 4.07. The Morgan fingerprint density at radius 3 is 2.52 bits per heavy atom. The van der Waals surface area contributed by atoms with Gasteiger partial charge in [-0.05, 0) is 19.4 Å². The second-order valence-corrected chi connectivity index (χ2v) is 5.73. The molecule has 0 bridgehead atoms. The molecule has 3 atom stereocenters. The summed E-state index contributed by atoms with van der Waals surface area (Å²) in [4.78, 5) is 37.3. The zero-order valence-corrected chi connectivity index (χ0v) is 13.1. The van der Waals surface area contributed by atoms with E-state index in [0.717, 1.165) is 0 Å². The van der Waals surface area contributed by atoms with E-state index in [-0.39, 0.29) is 13.0 Å². The van der Waals surface area contributed by atoms with Gasteiger partial charge in [-0.2, -0.15) is 0 Å². The molecule has 1 amide bonds. The predicted molar refractivity (Wildman–Crippen MR) is 80.4 cm³/mol. The van der Waals surface area contributed by atoms with Crippen LogP contribution in [0.3, 0.4) is 0 Å². The molecule has 1 N–H and O–H groups in total.